The van der Waals surface area contributed by atoms with E-state index in [9.17, 15) is 4.79 Å². The summed E-state index contributed by atoms with van der Waals surface area (Å²) < 4.78 is 11.7. The number of carbonyl (C=O) groups excluding carboxylic acids is 1. The minimum absolute atomic E-state index is 0.478. The van der Waals surface area contributed by atoms with E-state index in [2.05, 4.69) is 15.3 Å². The Morgan fingerprint density at radius 3 is 2.44 bits per heavy atom. The molecule has 0 aliphatic heterocycles. The van der Waals surface area contributed by atoms with Crippen molar-refractivity contribution in [1.29, 1.82) is 0 Å². The van der Waals surface area contributed by atoms with Gasteiger partial charge in [-0.2, -0.15) is 0 Å². The summed E-state index contributed by atoms with van der Waals surface area (Å²) in [6, 6.07) is 17.9. The number of methoxy groups -OCH3 is 1. The molecule has 4 aromatic rings. The number of anilines is 1. The van der Waals surface area contributed by atoms with Gasteiger partial charge in [0, 0.05) is 24.0 Å². The Morgan fingerprint density at radius 2 is 1.85 bits per heavy atom. The Bertz CT molecular complexity index is 1250. The Kier molecular flexibility index (Phi) is 8.20. The van der Waals surface area contributed by atoms with Crippen LogP contribution in [0.1, 0.15) is 32.0 Å². The van der Waals surface area contributed by atoms with Crippen molar-refractivity contribution in [3.63, 3.8) is 0 Å². The molecule has 3 N–H and O–H groups in total. The molecule has 2 aromatic carbocycles. The molecule has 34 heavy (non-hydrogen) atoms. The second kappa shape index (κ2) is 11.1. The van der Waals surface area contributed by atoms with Crippen molar-refractivity contribution in [3.05, 3.63) is 72.1 Å². The third-order valence-electron chi connectivity index (χ3n) is 4.62. The van der Waals surface area contributed by atoms with Crippen LogP contribution in [-0.4, -0.2) is 28.8 Å². The molecule has 0 bridgehead atoms. The molecule has 2 heterocycles. The lowest BCUT2D eigenvalue weighted by Gasteiger charge is -2.18. The summed E-state index contributed by atoms with van der Waals surface area (Å²) in [6.45, 7) is 8.02. The fourth-order valence-electron chi connectivity index (χ4n) is 3.17. The summed E-state index contributed by atoms with van der Waals surface area (Å²) in [4.78, 5) is 20.6. The van der Waals surface area contributed by atoms with E-state index in [-0.39, 0.29) is 0 Å². The standard InChI is InChI=1S/C19H20N2O3S.C7H10N2/c1-19(2,3)24-18(22)21-17-20-15-14(23-4)11-10-13(16(15)25-17)12-8-6-5-7-9-12;1-6-4-7(5-8)2-3-9-6/h5-11H,1-4H3,(H,20,21,22);2-4H,5,8H2,1H3. The van der Waals surface area contributed by atoms with Crippen LogP contribution in [0.4, 0.5) is 9.93 Å². The van der Waals surface area contributed by atoms with Crippen molar-refractivity contribution in [2.24, 2.45) is 5.73 Å². The van der Waals surface area contributed by atoms with Crippen LogP contribution in [0.5, 0.6) is 5.75 Å². The lowest BCUT2D eigenvalue weighted by molar-refractivity contribution is 0.0636. The monoisotopic (exact) mass is 478 g/mol. The molecule has 178 valence electrons. The minimum atomic E-state index is -0.562. The van der Waals surface area contributed by atoms with Gasteiger partial charge in [0.1, 0.15) is 16.9 Å². The molecule has 0 radical (unpaired) electrons. The number of nitrogens with zero attached hydrogens (tertiary/aromatic N) is 2. The van der Waals surface area contributed by atoms with Gasteiger partial charge in [0.25, 0.3) is 0 Å². The van der Waals surface area contributed by atoms with Gasteiger partial charge in [0.15, 0.2) is 5.13 Å². The van der Waals surface area contributed by atoms with E-state index in [1.165, 1.54) is 11.3 Å². The first-order chi connectivity index (χ1) is 16.2. The maximum absolute atomic E-state index is 12.0. The highest BCUT2D eigenvalue weighted by Gasteiger charge is 2.19. The number of aryl methyl sites for hydroxylation is 1. The van der Waals surface area contributed by atoms with Crippen molar-refractivity contribution in [1.82, 2.24) is 9.97 Å². The number of carbonyl (C=O) groups is 1. The van der Waals surface area contributed by atoms with Crippen molar-refractivity contribution in [2.45, 2.75) is 39.8 Å². The second-order valence-corrected chi connectivity index (χ2v) is 9.51. The Hall–Kier alpha value is -3.49. The fourth-order valence-corrected chi connectivity index (χ4v) is 4.17. The third kappa shape index (κ3) is 6.76. The van der Waals surface area contributed by atoms with Gasteiger partial charge in [-0.3, -0.25) is 10.3 Å². The quantitative estimate of drug-likeness (QED) is 0.364. The molecular formula is C26H30N4O3S. The SMILES string of the molecule is COc1ccc(-c2ccccc2)c2sc(NC(=O)OC(C)(C)C)nc12.Cc1cc(CN)ccn1. The number of fused-ring (bicyclic) bond motifs is 1. The van der Waals surface area contributed by atoms with Gasteiger partial charge in [-0.1, -0.05) is 41.7 Å². The predicted octanol–water partition coefficient (Wildman–Crippen LogP) is 6.17. The summed E-state index contributed by atoms with van der Waals surface area (Å²) in [6.07, 6.45) is 1.25. The van der Waals surface area contributed by atoms with Crippen LogP contribution >= 0.6 is 11.3 Å². The second-order valence-electron chi connectivity index (χ2n) is 8.51. The molecular weight excluding hydrogens is 448 g/mol. The third-order valence-corrected chi connectivity index (χ3v) is 5.62. The molecule has 0 saturated heterocycles. The lowest BCUT2D eigenvalue weighted by Crippen LogP contribution is -2.27. The van der Waals surface area contributed by atoms with Crippen LogP contribution in [0.2, 0.25) is 0 Å². The molecule has 0 fully saturated rings. The summed E-state index contributed by atoms with van der Waals surface area (Å²) in [5.41, 5.74) is 9.85. The fraction of sp³-hybridized carbons (Fsp3) is 0.269. The number of nitrogens with two attached hydrogens (primary N) is 1. The van der Waals surface area contributed by atoms with Crippen LogP contribution in [0.3, 0.4) is 0 Å². The van der Waals surface area contributed by atoms with Crippen molar-refractivity contribution >= 4 is 32.8 Å². The first-order valence-electron chi connectivity index (χ1n) is 10.8. The number of rotatable bonds is 4. The van der Waals surface area contributed by atoms with E-state index in [4.69, 9.17) is 15.2 Å². The maximum atomic E-state index is 12.0. The molecule has 0 aliphatic rings. The van der Waals surface area contributed by atoms with E-state index < -0.39 is 11.7 Å². The minimum Gasteiger partial charge on any atom is -0.494 e. The number of ether oxygens (including phenoxy) is 2. The molecule has 0 aliphatic carbocycles. The molecule has 0 spiro atoms. The van der Waals surface area contributed by atoms with E-state index in [1.807, 2.05) is 82.3 Å². The van der Waals surface area contributed by atoms with Gasteiger partial charge in [-0.05, 0) is 63.1 Å². The highest BCUT2D eigenvalue weighted by molar-refractivity contribution is 7.23. The van der Waals surface area contributed by atoms with E-state index in [1.54, 1.807) is 13.3 Å². The molecule has 7 nitrogen and oxygen atoms in total. The first kappa shape index (κ1) is 25.1. The molecule has 0 unspecified atom stereocenters. The van der Waals surface area contributed by atoms with Gasteiger partial charge < -0.3 is 15.2 Å². The summed E-state index contributed by atoms with van der Waals surface area (Å²) in [7, 11) is 1.61. The van der Waals surface area contributed by atoms with Crippen LogP contribution < -0.4 is 15.8 Å². The maximum Gasteiger partial charge on any atom is 0.413 e. The number of aromatic nitrogens is 2. The molecule has 2 aromatic heterocycles. The number of thiazole rings is 1. The van der Waals surface area contributed by atoms with Gasteiger partial charge in [-0.15, -0.1) is 0 Å². The lowest BCUT2D eigenvalue weighted by atomic mass is 10.1. The molecule has 0 atom stereocenters. The van der Waals surface area contributed by atoms with E-state index in [0.717, 1.165) is 32.6 Å². The summed E-state index contributed by atoms with van der Waals surface area (Å²) in [5.74, 6) is 0.670. The predicted molar refractivity (Wildman–Crippen MR) is 138 cm³/mol. The van der Waals surface area contributed by atoms with Gasteiger partial charge >= 0.3 is 6.09 Å². The topological polar surface area (TPSA) is 99.4 Å². The number of pyridine rings is 1. The highest BCUT2D eigenvalue weighted by Crippen LogP contribution is 2.39. The number of hydrogen-bond donors (Lipinski definition) is 2. The van der Waals surface area contributed by atoms with Crippen LogP contribution in [-0.2, 0) is 11.3 Å². The normalized spacial score (nSPS) is 10.9. The zero-order valence-corrected chi connectivity index (χ0v) is 20.9. The molecule has 1 amide bonds. The zero-order valence-electron chi connectivity index (χ0n) is 20.1. The average Bonchev–Trinajstić information content (AvgIpc) is 3.21. The summed E-state index contributed by atoms with van der Waals surface area (Å²) in [5, 5.41) is 3.19. The van der Waals surface area contributed by atoms with Gasteiger partial charge in [0.05, 0.1) is 11.8 Å². The van der Waals surface area contributed by atoms with Gasteiger partial charge in [-0.25, -0.2) is 9.78 Å². The first-order valence-corrected chi connectivity index (χ1v) is 11.7. The van der Waals surface area contributed by atoms with Crippen LogP contribution in [0, 0.1) is 6.92 Å². The molecule has 0 saturated carbocycles. The number of amides is 1. The van der Waals surface area contributed by atoms with Crippen molar-refractivity contribution < 1.29 is 14.3 Å². The van der Waals surface area contributed by atoms with Crippen LogP contribution in [0.25, 0.3) is 21.3 Å². The number of hydrogen-bond acceptors (Lipinski definition) is 7. The zero-order chi connectivity index (χ0) is 24.7. The Morgan fingerprint density at radius 1 is 1.12 bits per heavy atom. The average molecular weight is 479 g/mol. The molecule has 4 rings (SSSR count). The smallest absolute Gasteiger partial charge is 0.413 e. The highest BCUT2D eigenvalue weighted by atomic mass is 32.1. The van der Waals surface area contributed by atoms with Crippen molar-refractivity contribution in [2.75, 3.05) is 12.4 Å². The summed E-state index contributed by atoms with van der Waals surface area (Å²) >= 11 is 1.40. The van der Waals surface area contributed by atoms with Crippen molar-refractivity contribution in [3.8, 4) is 16.9 Å². The van der Waals surface area contributed by atoms with E-state index in [0.29, 0.717) is 17.4 Å². The Balaban J connectivity index is 0.000000302. The van der Waals surface area contributed by atoms with Crippen LogP contribution in [0.15, 0.2) is 60.8 Å². The number of nitrogens with one attached hydrogen (secondary N) is 1. The molecule has 8 heteroatoms. The Labute approximate surface area is 204 Å². The largest absolute Gasteiger partial charge is 0.494 e. The van der Waals surface area contributed by atoms with E-state index >= 15 is 0 Å². The van der Waals surface area contributed by atoms with Gasteiger partial charge in [0.2, 0.25) is 0 Å². The number of benzene rings is 2.